The van der Waals surface area contributed by atoms with Crippen molar-refractivity contribution in [3.8, 4) is 0 Å². The van der Waals surface area contributed by atoms with Gasteiger partial charge in [-0.1, -0.05) is 30.3 Å². The van der Waals surface area contributed by atoms with Gasteiger partial charge in [0.1, 0.15) is 0 Å². The first-order chi connectivity index (χ1) is 17.0. The zero-order chi connectivity index (χ0) is 24.0. The second kappa shape index (κ2) is 9.74. The number of benzene rings is 1. The molecule has 4 nitrogen and oxygen atoms in total. The van der Waals surface area contributed by atoms with Crippen molar-refractivity contribution in [2.45, 2.75) is 103 Å². The molecule has 35 heavy (non-hydrogen) atoms. The Balaban J connectivity index is 1.18. The Morgan fingerprint density at radius 3 is 2.46 bits per heavy atom. The number of hydrogen-bond acceptors (Lipinski definition) is 4. The fourth-order valence-electron chi connectivity index (χ4n) is 10.0. The number of fused-ring (bicyclic) bond motifs is 5. The second-order valence-corrected chi connectivity index (χ2v) is 12.8. The minimum absolute atomic E-state index is 0.234. The third-order valence-corrected chi connectivity index (χ3v) is 11.1. The first-order valence-electron chi connectivity index (χ1n) is 14.6. The van der Waals surface area contributed by atoms with Crippen molar-refractivity contribution in [3.63, 3.8) is 0 Å². The van der Waals surface area contributed by atoms with Gasteiger partial charge in [0, 0.05) is 12.8 Å². The van der Waals surface area contributed by atoms with Crippen LogP contribution < -0.4 is 0 Å². The number of hydrogen-bond donors (Lipinski definition) is 1. The molecule has 4 aliphatic carbocycles. The Labute approximate surface area is 212 Å². The largest absolute Gasteiger partial charge is 0.393 e. The number of aliphatic hydroxyl groups excluding tert-OH is 1. The van der Waals surface area contributed by atoms with Crippen molar-refractivity contribution in [3.05, 3.63) is 35.9 Å². The molecule has 0 amide bonds. The van der Waals surface area contributed by atoms with Gasteiger partial charge in [-0.05, 0) is 112 Å². The SMILES string of the molecule is CC(O)C[C@]12CC[C@H]3[C@@H](CC[C@@H]4CC5(CC[C@@H]43)OCCO5)[C@@H]1CC[C@@H]2C(C)OCc1ccccc1. The first-order valence-corrected chi connectivity index (χ1v) is 14.6. The summed E-state index contributed by atoms with van der Waals surface area (Å²) in [6, 6.07) is 10.6. The van der Waals surface area contributed by atoms with Crippen LogP contribution in [-0.2, 0) is 20.8 Å². The van der Waals surface area contributed by atoms with Crippen LogP contribution in [0.2, 0.25) is 0 Å². The zero-order valence-electron chi connectivity index (χ0n) is 21.9. The van der Waals surface area contributed by atoms with Gasteiger partial charge >= 0.3 is 0 Å². The predicted octanol–water partition coefficient (Wildman–Crippen LogP) is 6.35. The summed E-state index contributed by atoms with van der Waals surface area (Å²) >= 11 is 0. The average molecular weight is 483 g/mol. The molecule has 4 heteroatoms. The molecular formula is C31H46O4. The summed E-state index contributed by atoms with van der Waals surface area (Å²) in [6.45, 7) is 6.57. The molecule has 1 spiro atoms. The molecule has 1 heterocycles. The van der Waals surface area contributed by atoms with E-state index in [0.717, 1.165) is 62.1 Å². The van der Waals surface area contributed by atoms with Crippen LogP contribution in [0, 0.1) is 40.9 Å². The monoisotopic (exact) mass is 482 g/mol. The van der Waals surface area contributed by atoms with Gasteiger partial charge in [-0.25, -0.2) is 0 Å². The Morgan fingerprint density at radius 1 is 0.914 bits per heavy atom. The van der Waals surface area contributed by atoms with Crippen LogP contribution in [-0.4, -0.2) is 36.3 Å². The Bertz CT molecular complexity index is 849. The molecule has 0 bridgehead atoms. The number of aliphatic hydroxyl groups is 1. The molecule has 5 aliphatic rings. The topological polar surface area (TPSA) is 47.9 Å². The maximum absolute atomic E-state index is 10.7. The lowest BCUT2D eigenvalue weighted by molar-refractivity contribution is -0.211. The molecule has 0 radical (unpaired) electrons. The van der Waals surface area contributed by atoms with Gasteiger partial charge in [0.15, 0.2) is 5.79 Å². The maximum atomic E-state index is 10.7. The van der Waals surface area contributed by atoms with E-state index in [1.54, 1.807) is 0 Å². The summed E-state index contributed by atoms with van der Waals surface area (Å²) in [6.07, 6.45) is 12.3. The van der Waals surface area contributed by atoms with Crippen LogP contribution >= 0.6 is 0 Å². The first kappa shape index (κ1) is 24.4. The van der Waals surface area contributed by atoms with E-state index in [1.165, 1.54) is 50.5 Å². The van der Waals surface area contributed by atoms with E-state index in [2.05, 4.69) is 37.3 Å². The van der Waals surface area contributed by atoms with E-state index in [-0.39, 0.29) is 23.4 Å². The molecule has 1 aliphatic heterocycles. The van der Waals surface area contributed by atoms with Crippen LogP contribution in [0.15, 0.2) is 30.3 Å². The molecule has 9 atom stereocenters. The molecular weight excluding hydrogens is 436 g/mol. The molecule has 1 saturated heterocycles. The fraction of sp³-hybridized carbons (Fsp3) is 0.806. The van der Waals surface area contributed by atoms with Crippen LogP contribution in [0.3, 0.4) is 0 Å². The molecule has 1 N–H and O–H groups in total. The van der Waals surface area contributed by atoms with E-state index >= 15 is 0 Å². The lowest BCUT2D eigenvalue weighted by atomic mass is 9.48. The lowest BCUT2D eigenvalue weighted by Gasteiger charge is -2.58. The summed E-state index contributed by atoms with van der Waals surface area (Å²) in [4.78, 5) is 0. The maximum Gasteiger partial charge on any atom is 0.168 e. The molecule has 5 fully saturated rings. The van der Waals surface area contributed by atoms with Crippen molar-refractivity contribution in [1.82, 2.24) is 0 Å². The van der Waals surface area contributed by atoms with Crippen molar-refractivity contribution in [2.24, 2.45) is 40.9 Å². The highest BCUT2D eigenvalue weighted by Crippen LogP contribution is 2.67. The summed E-state index contributed by atoms with van der Waals surface area (Å²) < 4.78 is 18.8. The van der Waals surface area contributed by atoms with Gasteiger partial charge < -0.3 is 19.3 Å². The van der Waals surface area contributed by atoms with Crippen molar-refractivity contribution in [1.29, 1.82) is 0 Å². The smallest absolute Gasteiger partial charge is 0.168 e. The van der Waals surface area contributed by atoms with E-state index in [0.29, 0.717) is 12.5 Å². The highest BCUT2D eigenvalue weighted by atomic mass is 16.7. The summed E-state index contributed by atoms with van der Waals surface area (Å²) in [7, 11) is 0. The van der Waals surface area contributed by atoms with Crippen LogP contribution in [0.1, 0.15) is 83.6 Å². The van der Waals surface area contributed by atoms with Gasteiger partial charge in [0.2, 0.25) is 0 Å². The van der Waals surface area contributed by atoms with Crippen LogP contribution in [0.5, 0.6) is 0 Å². The summed E-state index contributed by atoms with van der Waals surface area (Å²) in [5, 5.41) is 10.7. The van der Waals surface area contributed by atoms with Crippen molar-refractivity contribution < 1.29 is 19.3 Å². The highest BCUT2D eigenvalue weighted by Gasteiger charge is 2.61. The number of ether oxygens (including phenoxy) is 3. The van der Waals surface area contributed by atoms with Crippen molar-refractivity contribution >= 4 is 0 Å². The van der Waals surface area contributed by atoms with Gasteiger partial charge in [-0.15, -0.1) is 0 Å². The predicted molar refractivity (Wildman–Crippen MR) is 137 cm³/mol. The van der Waals surface area contributed by atoms with Crippen LogP contribution in [0.25, 0.3) is 0 Å². The van der Waals surface area contributed by atoms with E-state index in [9.17, 15) is 5.11 Å². The Hall–Kier alpha value is -0.940. The van der Waals surface area contributed by atoms with Crippen molar-refractivity contribution in [2.75, 3.05) is 13.2 Å². The normalized spacial score (nSPS) is 41.7. The average Bonchev–Trinajstić information content (AvgIpc) is 3.47. The molecule has 4 saturated carbocycles. The molecule has 194 valence electrons. The van der Waals surface area contributed by atoms with E-state index in [4.69, 9.17) is 14.2 Å². The van der Waals surface area contributed by atoms with E-state index in [1.807, 2.05) is 6.92 Å². The minimum atomic E-state index is -0.247. The third kappa shape index (κ3) is 4.41. The van der Waals surface area contributed by atoms with Crippen LogP contribution in [0.4, 0.5) is 0 Å². The Morgan fingerprint density at radius 2 is 1.69 bits per heavy atom. The second-order valence-electron chi connectivity index (χ2n) is 12.8. The summed E-state index contributed by atoms with van der Waals surface area (Å²) in [5.41, 5.74) is 1.50. The quantitative estimate of drug-likeness (QED) is 0.513. The molecule has 1 aromatic rings. The third-order valence-electron chi connectivity index (χ3n) is 11.1. The summed E-state index contributed by atoms with van der Waals surface area (Å²) in [5.74, 6) is 4.37. The zero-order valence-corrected chi connectivity index (χ0v) is 21.9. The standard InChI is InChI=1S/C31H46O4/c1-21(32)18-30-14-12-26-25-13-15-31(34-16-17-35-31)19-24(25)8-9-27(26)29(30)11-10-28(30)22(2)33-20-23-6-4-3-5-7-23/h3-7,21-22,24-29,32H,8-20H2,1-2H3/t21?,22?,24-,25+,26-,27-,28-,29+,30+/m1/s1. The molecule has 1 aromatic carbocycles. The lowest BCUT2D eigenvalue weighted by Crippen LogP contribution is -2.53. The Kier molecular flexibility index (Phi) is 6.79. The minimum Gasteiger partial charge on any atom is -0.393 e. The van der Waals surface area contributed by atoms with Gasteiger partial charge in [-0.3, -0.25) is 0 Å². The molecule has 6 rings (SSSR count). The van der Waals surface area contributed by atoms with Gasteiger partial charge in [0.05, 0.1) is 32.0 Å². The molecule has 0 aromatic heterocycles. The number of rotatable bonds is 6. The molecule has 2 unspecified atom stereocenters. The van der Waals surface area contributed by atoms with Gasteiger partial charge in [-0.2, -0.15) is 0 Å². The van der Waals surface area contributed by atoms with Gasteiger partial charge in [0.25, 0.3) is 0 Å². The highest BCUT2D eigenvalue weighted by molar-refractivity contribution is 5.14. The fourth-order valence-corrected chi connectivity index (χ4v) is 10.0. The van der Waals surface area contributed by atoms with E-state index < -0.39 is 0 Å².